The van der Waals surface area contributed by atoms with Gasteiger partial charge >= 0.3 is 0 Å². The van der Waals surface area contributed by atoms with Crippen molar-refractivity contribution < 1.29 is 4.79 Å². The molecule has 2 aromatic rings. The third kappa shape index (κ3) is 3.72. The lowest BCUT2D eigenvalue weighted by Gasteiger charge is -2.09. The Kier molecular flexibility index (Phi) is 5.40. The fourth-order valence-corrected chi connectivity index (χ4v) is 3.18. The lowest BCUT2D eigenvalue weighted by molar-refractivity contribution is 0.0960. The molecule has 20 heavy (non-hydrogen) atoms. The standard InChI is InChI=1S/C15H14ClNOS2/c1-17-15(18)13-9-10(16)3-8-14(13)20-12-6-4-11(19-2)5-7-12/h3-9H,1-2H3,(H,17,18). The summed E-state index contributed by atoms with van der Waals surface area (Å²) in [7, 11) is 1.62. The fraction of sp³-hybridized carbons (Fsp3) is 0.133. The van der Waals surface area contributed by atoms with Crippen LogP contribution >= 0.6 is 35.1 Å². The molecule has 1 N–H and O–H groups in total. The molecule has 2 rings (SSSR count). The van der Waals surface area contributed by atoms with Crippen LogP contribution < -0.4 is 5.32 Å². The van der Waals surface area contributed by atoms with Gasteiger partial charge in [0, 0.05) is 26.8 Å². The SMILES string of the molecule is CNC(=O)c1cc(Cl)ccc1Sc1ccc(SC)cc1. The van der Waals surface area contributed by atoms with Gasteiger partial charge in [0.25, 0.3) is 5.91 Å². The van der Waals surface area contributed by atoms with Crippen LogP contribution in [0.2, 0.25) is 5.02 Å². The predicted octanol–water partition coefficient (Wildman–Crippen LogP) is 4.57. The number of carbonyl (C=O) groups is 1. The molecule has 1 amide bonds. The van der Waals surface area contributed by atoms with E-state index in [1.165, 1.54) is 4.90 Å². The molecule has 0 aromatic heterocycles. The van der Waals surface area contributed by atoms with Gasteiger partial charge in [-0.25, -0.2) is 0 Å². The second-order valence-electron chi connectivity index (χ2n) is 4.00. The number of benzene rings is 2. The molecule has 104 valence electrons. The number of rotatable bonds is 4. The van der Waals surface area contributed by atoms with Gasteiger partial charge in [0.15, 0.2) is 0 Å². The van der Waals surface area contributed by atoms with Crippen molar-refractivity contribution in [2.24, 2.45) is 0 Å². The molecule has 0 aliphatic heterocycles. The van der Waals surface area contributed by atoms with Crippen molar-refractivity contribution in [3.63, 3.8) is 0 Å². The summed E-state index contributed by atoms with van der Waals surface area (Å²) in [4.78, 5) is 15.1. The number of carbonyl (C=O) groups excluding carboxylic acids is 1. The largest absolute Gasteiger partial charge is 0.355 e. The average Bonchev–Trinajstić information content (AvgIpc) is 2.49. The van der Waals surface area contributed by atoms with Crippen LogP contribution in [0.4, 0.5) is 0 Å². The van der Waals surface area contributed by atoms with E-state index in [2.05, 4.69) is 29.6 Å². The Labute approximate surface area is 132 Å². The molecule has 0 atom stereocenters. The van der Waals surface area contributed by atoms with Gasteiger partial charge < -0.3 is 5.32 Å². The molecule has 0 aliphatic carbocycles. The van der Waals surface area contributed by atoms with Gasteiger partial charge in [-0.1, -0.05) is 23.4 Å². The molecule has 0 bridgehead atoms. The summed E-state index contributed by atoms with van der Waals surface area (Å²) in [6.45, 7) is 0. The van der Waals surface area contributed by atoms with Crippen molar-refractivity contribution in [3.05, 3.63) is 53.1 Å². The lowest BCUT2D eigenvalue weighted by Crippen LogP contribution is -2.18. The molecule has 2 aromatic carbocycles. The van der Waals surface area contributed by atoms with Crippen molar-refractivity contribution in [1.82, 2.24) is 5.32 Å². The van der Waals surface area contributed by atoms with Crippen molar-refractivity contribution in [1.29, 1.82) is 0 Å². The number of amides is 1. The summed E-state index contributed by atoms with van der Waals surface area (Å²) < 4.78 is 0. The highest BCUT2D eigenvalue weighted by molar-refractivity contribution is 7.99. The monoisotopic (exact) mass is 323 g/mol. The van der Waals surface area contributed by atoms with E-state index < -0.39 is 0 Å². The summed E-state index contributed by atoms with van der Waals surface area (Å²) in [6.07, 6.45) is 2.05. The van der Waals surface area contributed by atoms with Crippen LogP contribution in [-0.4, -0.2) is 19.2 Å². The fourth-order valence-electron chi connectivity index (χ4n) is 1.67. The molecule has 0 spiro atoms. The highest BCUT2D eigenvalue weighted by Crippen LogP contribution is 2.32. The first-order chi connectivity index (χ1) is 9.63. The zero-order chi connectivity index (χ0) is 14.5. The smallest absolute Gasteiger partial charge is 0.252 e. The maximum absolute atomic E-state index is 11.9. The Bertz CT molecular complexity index is 614. The van der Waals surface area contributed by atoms with Crippen molar-refractivity contribution in [3.8, 4) is 0 Å². The summed E-state index contributed by atoms with van der Waals surface area (Å²) >= 11 is 9.23. The van der Waals surface area contributed by atoms with E-state index in [0.29, 0.717) is 10.6 Å². The maximum atomic E-state index is 11.9. The Morgan fingerprint density at radius 3 is 2.35 bits per heavy atom. The first-order valence-corrected chi connectivity index (χ1v) is 8.39. The number of hydrogen-bond donors (Lipinski definition) is 1. The Hall–Kier alpha value is -1.10. The maximum Gasteiger partial charge on any atom is 0.252 e. The zero-order valence-electron chi connectivity index (χ0n) is 11.1. The molecular formula is C15H14ClNOS2. The highest BCUT2D eigenvalue weighted by Gasteiger charge is 2.12. The molecule has 0 radical (unpaired) electrons. The molecular weight excluding hydrogens is 310 g/mol. The third-order valence-electron chi connectivity index (χ3n) is 2.70. The van der Waals surface area contributed by atoms with Gasteiger partial charge in [0.05, 0.1) is 5.56 Å². The third-order valence-corrected chi connectivity index (χ3v) is 4.76. The minimum atomic E-state index is -0.129. The van der Waals surface area contributed by atoms with Crippen molar-refractivity contribution in [2.45, 2.75) is 14.7 Å². The van der Waals surface area contributed by atoms with Crippen LogP contribution in [0.15, 0.2) is 57.2 Å². The van der Waals surface area contributed by atoms with Crippen LogP contribution in [0, 0.1) is 0 Å². The minimum absolute atomic E-state index is 0.129. The number of hydrogen-bond acceptors (Lipinski definition) is 3. The quantitative estimate of drug-likeness (QED) is 0.835. The molecule has 0 saturated carbocycles. The predicted molar refractivity (Wildman–Crippen MR) is 87.2 cm³/mol. The van der Waals surface area contributed by atoms with Crippen LogP contribution in [0.1, 0.15) is 10.4 Å². The van der Waals surface area contributed by atoms with Crippen LogP contribution in [0.3, 0.4) is 0 Å². The molecule has 0 fully saturated rings. The van der Waals surface area contributed by atoms with E-state index in [0.717, 1.165) is 9.79 Å². The van der Waals surface area contributed by atoms with E-state index in [9.17, 15) is 4.79 Å². The number of nitrogens with one attached hydrogen (secondary N) is 1. The molecule has 0 heterocycles. The molecule has 2 nitrogen and oxygen atoms in total. The zero-order valence-corrected chi connectivity index (χ0v) is 13.5. The Balaban J connectivity index is 2.30. The van der Waals surface area contributed by atoms with E-state index in [4.69, 9.17) is 11.6 Å². The van der Waals surface area contributed by atoms with E-state index >= 15 is 0 Å². The Morgan fingerprint density at radius 2 is 1.75 bits per heavy atom. The molecule has 5 heteroatoms. The van der Waals surface area contributed by atoms with Crippen molar-refractivity contribution in [2.75, 3.05) is 13.3 Å². The highest BCUT2D eigenvalue weighted by atomic mass is 35.5. The summed E-state index contributed by atoms with van der Waals surface area (Å²) in [5, 5.41) is 3.20. The summed E-state index contributed by atoms with van der Waals surface area (Å²) in [5.41, 5.74) is 0.596. The van der Waals surface area contributed by atoms with Crippen LogP contribution in [-0.2, 0) is 0 Å². The average molecular weight is 324 g/mol. The first kappa shape index (κ1) is 15.3. The second kappa shape index (κ2) is 7.07. The second-order valence-corrected chi connectivity index (χ2v) is 6.43. The van der Waals surface area contributed by atoms with Gasteiger partial charge in [0.2, 0.25) is 0 Å². The van der Waals surface area contributed by atoms with Crippen molar-refractivity contribution >= 4 is 41.0 Å². The van der Waals surface area contributed by atoms with E-state index in [1.807, 2.05) is 12.3 Å². The summed E-state index contributed by atoms with van der Waals surface area (Å²) in [5.74, 6) is -0.129. The molecule has 0 unspecified atom stereocenters. The minimum Gasteiger partial charge on any atom is -0.355 e. The van der Waals surface area contributed by atoms with E-state index in [-0.39, 0.29) is 5.91 Å². The van der Waals surface area contributed by atoms with Gasteiger partial charge in [-0.05, 0) is 48.7 Å². The van der Waals surface area contributed by atoms with Gasteiger partial charge in [-0.15, -0.1) is 11.8 Å². The number of halogens is 1. The van der Waals surface area contributed by atoms with Crippen LogP contribution in [0.25, 0.3) is 0 Å². The van der Waals surface area contributed by atoms with Crippen LogP contribution in [0.5, 0.6) is 0 Å². The molecule has 0 aliphatic rings. The molecule has 0 saturated heterocycles. The van der Waals surface area contributed by atoms with E-state index in [1.54, 1.807) is 42.7 Å². The topological polar surface area (TPSA) is 29.1 Å². The number of thioether (sulfide) groups is 1. The normalized spacial score (nSPS) is 10.3. The van der Waals surface area contributed by atoms with Gasteiger partial charge in [-0.3, -0.25) is 4.79 Å². The van der Waals surface area contributed by atoms with Gasteiger partial charge in [-0.2, -0.15) is 0 Å². The lowest BCUT2D eigenvalue weighted by atomic mass is 10.2. The first-order valence-electron chi connectivity index (χ1n) is 5.97. The van der Waals surface area contributed by atoms with Gasteiger partial charge in [0.1, 0.15) is 0 Å². The summed E-state index contributed by atoms with van der Waals surface area (Å²) in [6, 6.07) is 13.6. The Morgan fingerprint density at radius 1 is 1.10 bits per heavy atom.